The smallest absolute Gasteiger partial charge is 0.184 e. The van der Waals surface area contributed by atoms with Crippen molar-refractivity contribution < 1.29 is 0 Å². The van der Waals surface area contributed by atoms with Gasteiger partial charge in [-0.25, -0.2) is 4.98 Å². The molecule has 2 aromatic heterocycles. The first-order valence-corrected chi connectivity index (χ1v) is 10.1. The lowest BCUT2D eigenvalue weighted by molar-refractivity contribution is 0.362. The molecule has 4 rings (SSSR count). The van der Waals surface area contributed by atoms with Crippen LogP contribution in [0.5, 0.6) is 0 Å². The van der Waals surface area contributed by atoms with Gasteiger partial charge in [0.2, 0.25) is 0 Å². The van der Waals surface area contributed by atoms with Gasteiger partial charge in [0.1, 0.15) is 5.69 Å². The summed E-state index contributed by atoms with van der Waals surface area (Å²) in [5.41, 5.74) is 12.9. The van der Waals surface area contributed by atoms with Crippen molar-refractivity contribution in [3.8, 4) is 11.5 Å². The summed E-state index contributed by atoms with van der Waals surface area (Å²) >= 11 is 4.82. The molecule has 3 N–H and O–H groups in total. The van der Waals surface area contributed by atoms with E-state index in [9.17, 15) is 0 Å². The van der Waals surface area contributed by atoms with Crippen molar-refractivity contribution in [2.75, 3.05) is 0 Å². The van der Waals surface area contributed by atoms with Gasteiger partial charge in [0, 0.05) is 12.2 Å². The molecule has 0 saturated heterocycles. The molecule has 28 heavy (non-hydrogen) atoms. The van der Waals surface area contributed by atoms with Crippen molar-refractivity contribution in [2.45, 2.75) is 45.1 Å². The second kappa shape index (κ2) is 8.06. The summed E-state index contributed by atoms with van der Waals surface area (Å²) in [5.74, 6) is 0.940. The van der Waals surface area contributed by atoms with Crippen LogP contribution in [0.1, 0.15) is 50.6 Å². The number of hydrogen-bond donors (Lipinski definition) is 2. The third-order valence-electron chi connectivity index (χ3n) is 5.27. The van der Waals surface area contributed by atoms with Crippen LogP contribution in [0.2, 0.25) is 0 Å². The number of pyridine rings is 1. The van der Waals surface area contributed by atoms with E-state index in [1.54, 1.807) is 0 Å². The van der Waals surface area contributed by atoms with Gasteiger partial charge in [0.05, 0.1) is 16.7 Å². The summed E-state index contributed by atoms with van der Waals surface area (Å²) in [4.78, 5) is 9.53. The van der Waals surface area contributed by atoms with E-state index in [2.05, 4.69) is 38.3 Å². The standard InChI is InChI=1S/C21H24N6S/c1-14(25-26-21(22)28)15-10-11-19-18(13-15)24-20(17-9-5-6-12-23-17)27(19)16-7-3-2-4-8-16/h5-6,9-13,16H,2-4,7-8H2,1H3,(H3,22,26,28)/b25-14-. The van der Waals surface area contributed by atoms with Gasteiger partial charge in [-0.1, -0.05) is 31.4 Å². The molecule has 6 nitrogen and oxygen atoms in total. The Bertz CT molecular complexity index is 1020. The van der Waals surface area contributed by atoms with E-state index in [4.69, 9.17) is 22.9 Å². The predicted octanol–water partition coefficient (Wildman–Crippen LogP) is 4.16. The molecule has 1 aliphatic rings. The van der Waals surface area contributed by atoms with Crippen molar-refractivity contribution in [1.29, 1.82) is 0 Å². The average Bonchev–Trinajstić information content (AvgIpc) is 3.12. The third kappa shape index (κ3) is 3.75. The summed E-state index contributed by atoms with van der Waals surface area (Å²) in [7, 11) is 0. The summed E-state index contributed by atoms with van der Waals surface area (Å²) in [6, 6.07) is 12.7. The van der Waals surface area contributed by atoms with Gasteiger partial charge >= 0.3 is 0 Å². The van der Waals surface area contributed by atoms with Crippen LogP contribution in [-0.4, -0.2) is 25.4 Å². The van der Waals surface area contributed by atoms with Gasteiger partial charge in [0.15, 0.2) is 10.9 Å². The Morgan fingerprint density at radius 3 is 2.75 bits per heavy atom. The third-order valence-corrected chi connectivity index (χ3v) is 5.37. The molecule has 1 aliphatic carbocycles. The molecule has 0 amide bonds. The lowest BCUT2D eigenvalue weighted by Crippen LogP contribution is -2.25. The van der Waals surface area contributed by atoms with Crippen molar-refractivity contribution in [1.82, 2.24) is 20.0 Å². The molecule has 0 radical (unpaired) electrons. The van der Waals surface area contributed by atoms with E-state index in [1.807, 2.05) is 31.3 Å². The molecule has 0 bridgehead atoms. The Labute approximate surface area is 169 Å². The van der Waals surface area contributed by atoms with Crippen molar-refractivity contribution in [3.05, 3.63) is 48.2 Å². The fourth-order valence-electron chi connectivity index (χ4n) is 3.91. The Kier molecular flexibility index (Phi) is 5.34. The molecule has 0 unspecified atom stereocenters. The molecule has 0 aliphatic heterocycles. The molecule has 0 spiro atoms. The maximum absolute atomic E-state index is 5.47. The Hall–Kier alpha value is -2.80. The highest BCUT2D eigenvalue weighted by atomic mass is 32.1. The topological polar surface area (TPSA) is 81.1 Å². The lowest BCUT2D eigenvalue weighted by atomic mass is 9.95. The fraction of sp³-hybridized carbons (Fsp3) is 0.333. The van der Waals surface area contributed by atoms with E-state index < -0.39 is 0 Å². The Balaban J connectivity index is 1.82. The maximum Gasteiger partial charge on any atom is 0.184 e. The molecule has 0 atom stereocenters. The van der Waals surface area contributed by atoms with Crippen LogP contribution < -0.4 is 11.2 Å². The van der Waals surface area contributed by atoms with Crippen molar-refractivity contribution in [3.63, 3.8) is 0 Å². The highest BCUT2D eigenvalue weighted by Gasteiger charge is 2.23. The maximum atomic E-state index is 5.47. The van der Waals surface area contributed by atoms with E-state index in [-0.39, 0.29) is 5.11 Å². The first-order chi connectivity index (χ1) is 13.6. The van der Waals surface area contributed by atoms with E-state index in [0.29, 0.717) is 6.04 Å². The zero-order chi connectivity index (χ0) is 19.5. The number of fused-ring (bicyclic) bond motifs is 1. The first-order valence-electron chi connectivity index (χ1n) is 9.67. The van der Waals surface area contributed by atoms with Gasteiger partial charge in [-0.05, 0) is 61.8 Å². The summed E-state index contributed by atoms with van der Waals surface area (Å²) < 4.78 is 2.39. The largest absolute Gasteiger partial charge is 0.375 e. The average molecular weight is 393 g/mol. The van der Waals surface area contributed by atoms with Crippen LogP contribution in [0.15, 0.2) is 47.7 Å². The SMILES string of the molecule is C/C(=N/NC(N)=S)c1ccc2c(c1)nc(-c1ccccn1)n2C1CCCCC1. The molecule has 1 saturated carbocycles. The number of hydrazone groups is 1. The second-order valence-corrected chi connectivity index (χ2v) is 7.63. The van der Waals surface area contributed by atoms with Crippen LogP contribution in [-0.2, 0) is 0 Å². The minimum Gasteiger partial charge on any atom is -0.375 e. The van der Waals surface area contributed by atoms with Crippen LogP contribution >= 0.6 is 12.2 Å². The zero-order valence-electron chi connectivity index (χ0n) is 15.9. The van der Waals surface area contributed by atoms with E-state index >= 15 is 0 Å². The van der Waals surface area contributed by atoms with Crippen LogP contribution in [0.3, 0.4) is 0 Å². The monoisotopic (exact) mass is 392 g/mol. The summed E-state index contributed by atoms with van der Waals surface area (Å²) in [5, 5.41) is 4.38. The van der Waals surface area contributed by atoms with Crippen LogP contribution in [0.25, 0.3) is 22.6 Å². The number of nitrogens with two attached hydrogens (primary N) is 1. The minimum absolute atomic E-state index is 0.152. The highest BCUT2D eigenvalue weighted by Crippen LogP contribution is 2.35. The summed E-state index contributed by atoms with van der Waals surface area (Å²) in [6.45, 7) is 1.92. The number of thiocarbonyl (C=S) groups is 1. The zero-order valence-corrected chi connectivity index (χ0v) is 16.7. The minimum atomic E-state index is 0.152. The fourth-order valence-corrected chi connectivity index (χ4v) is 3.96. The first kappa shape index (κ1) is 18.6. The van der Waals surface area contributed by atoms with Crippen LogP contribution in [0.4, 0.5) is 0 Å². The van der Waals surface area contributed by atoms with Gasteiger partial charge in [0.25, 0.3) is 0 Å². The van der Waals surface area contributed by atoms with E-state index in [0.717, 1.165) is 33.8 Å². The highest BCUT2D eigenvalue weighted by molar-refractivity contribution is 7.80. The molecular weight excluding hydrogens is 368 g/mol. The lowest BCUT2D eigenvalue weighted by Gasteiger charge is -2.25. The molecular formula is C21H24N6S. The van der Waals surface area contributed by atoms with Crippen molar-refractivity contribution >= 4 is 34.1 Å². The van der Waals surface area contributed by atoms with Gasteiger partial charge in [-0.3, -0.25) is 10.4 Å². The van der Waals surface area contributed by atoms with Crippen LogP contribution in [0, 0.1) is 0 Å². The molecule has 1 aromatic carbocycles. The number of nitrogens with one attached hydrogen (secondary N) is 1. The number of benzene rings is 1. The number of hydrogen-bond acceptors (Lipinski definition) is 4. The number of imidazole rings is 1. The van der Waals surface area contributed by atoms with Crippen molar-refractivity contribution in [2.24, 2.45) is 10.8 Å². The number of rotatable bonds is 4. The predicted molar refractivity (Wildman–Crippen MR) is 117 cm³/mol. The quantitative estimate of drug-likeness (QED) is 0.396. The van der Waals surface area contributed by atoms with Gasteiger partial charge < -0.3 is 10.3 Å². The molecule has 1 fully saturated rings. The number of nitrogens with zero attached hydrogens (tertiary/aromatic N) is 4. The number of aromatic nitrogens is 3. The molecule has 3 aromatic rings. The Morgan fingerprint density at radius 2 is 2.04 bits per heavy atom. The molecule has 7 heteroatoms. The van der Waals surface area contributed by atoms with Gasteiger partial charge in [-0.2, -0.15) is 5.10 Å². The summed E-state index contributed by atoms with van der Waals surface area (Å²) in [6.07, 6.45) is 8.04. The van der Waals surface area contributed by atoms with E-state index in [1.165, 1.54) is 32.1 Å². The molecule has 144 valence electrons. The van der Waals surface area contributed by atoms with Gasteiger partial charge in [-0.15, -0.1) is 0 Å². The molecule has 2 heterocycles. The Morgan fingerprint density at radius 1 is 1.21 bits per heavy atom. The normalized spacial score (nSPS) is 15.7. The second-order valence-electron chi connectivity index (χ2n) is 7.19.